The van der Waals surface area contributed by atoms with Gasteiger partial charge in [-0.3, -0.25) is 14.4 Å². The highest BCUT2D eigenvalue weighted by Crippen LogP contribution is 2.47. The number of anilines is 1. The summed E-state index contributed by atoms with van der Waals surface area (Å²) in [7, 11) is 0. The largest absolute Gasteiger partial charge is 0.319 e. The van der Waals surface area contributed by atoms with Gasteiger partial charge in [-0.2, -0.15) is 5.10 Å². The highest BCUT2D eigenvalue weighted by Gasteiger charge is 2.51. The molecular weight excluding hydrogens is 460 g/mol. The van der Waals surface area contributed by atoms with E-state index in [1.165, 1.54) is 11.1 Å². The molecule has 2 aliphatic heterocycles. The molecular formula is C24H23ClN4OS2. The minimum Gasteiger partial charge on any atom is -0.319 e. The molecule has 3 aromatic rings. The summed E-state index contributed by atoms with van der Waals surface area (Å²) in [6, 6.07) is 16.0. The molecule has 2 aromatic carbocycles. The molecule has 1 amide bonds. The number of hydrogen-bond acceptors (Lipinski definition) is 4. The SMILES string of the molecule is Cc1ccc([C@H]2SC[C@H]3C(=O)N(c4c(C)nn(Cc5ccccc5Cl)c4C)C(=S)N23)cc1. The monoisotopic (exact) mass is 482 g/mol. The van der Waals surface area contributed by atoms with Gasteiger partial charge in [-0.25, -0.2) is 0 Å². The van der Waals surface area contributed by atoms with Gasteiger partial charge in [0.1, 0.15) is 11.4 Å². The summed E-state index contributed by atoms with van der Waals surface area (Å²) in [6.45, 7) is 6.52. The van der Waals surface area contributed by atoms with Gasteiger partial charge >= 0.3 is 0 Å². The first kappa shape index (κ1) is 21.5. The van der Waals surface area contributed by atoms with E-state index < -0.39 is 0 Å². The molecule has 164 valence electrons. The van der Waals surface area contributed by atoms with E-state index in [0.717, 1.165) is 28.4 Å². The van der Waals surface area contributed by atoms with Crippen LogP contribution in [0.3, 0.4) is 0 Å². The Morgan fingerprint density at radius 2 is 1.84 bits per heavy atom. The highest BCUT2D eigenvalue weighted by atomic mass is 35.5. The molecule has 5 rings (SSSR count). The topological polar surface area (TPSA) is 41.4 Å². The van der Waals surface area contributed by atoms with Crippen molar-refractivity contribution in [2.75, 3.05) is 10.7 Å². The van der Waals surface area contributed by atoms with Gasteiger partial charge in [-0.05, 0) is 50.2 Å². The number of rotatable bonds is 4. The average Bonchev–Trinajstić information content (AvgIpc) is 3.39. The number of thiocarbonyl (C=S) groups is 1. The molecule has 5 nitrogen and oxygen atoms in total. The minimum absolute atomic E-state index is 0.0283. The summed E-state index contributed by atoms with van der Waals surface area (Å²) >= 11 is 14.0. The number of aryl methyl sites for hydroxylation is 2. The number of carbonyl (C=O) groups excluding carboxylic acids is 1. The van der Waals surface area contributed by atoms with Gasteiger partial charge < -0.3 is 4.90 Å². The van der Waals surface area contributed by atoms with Crippen molar-refractivity contribution >= 4 is 52.3 Å². The van der Waals surface area contributed by atoms with Crippen LogP contribution < -0.4 is 4.90 Å². The Balaban J connectivity index is 1.48. The smallest absolute Gasteiger partial charge is 0.257 e. The zero-order valence-corrected chi connectivity index (χ0v) is 20.5. The van der Waals surface area contributed by atoms with E-state index >= 15 is 0 Å². The van der Waals surface area contributed by atoms with Gasteiger partial charge in [-0.1, -0.05) is 59.6 Å². The molecule has 32 heavy (non-hydrogen) atoms. The van der Waals surface area contributed by atoms with Crippen molar-refractivity contribution in [2.24, 2.45) is 0 Å². The van der Waals surface area contributed by atoms with Crippen LogP contribution in [0.4, 0.5) is 5.69 Å². The second kappa shape index (κ2) is 8.21. The average molecular weight is 483 g/mol. The maximum Gasteiger partial charge on any atom is 0.257 e. The summed E-state index contributed by atoms with van der Waals surface area (Å²) < 4.78 is 1.90. The number of amides is 1. The minimum atomic E-state index is -0.246. The van der Waals surface area contributed by atoms with Crippen LogP contribution in [0.25, 0.3) is 0 Å². The first-order chi connectivity index (χ1) is 15.4. The summed E-state index contributed by atoms with van der Waals surface area (Å²) in [5.41, 5.74) is 5.84. The molecule has 3 heterocycles. The molecule has 2 fully saturated rings. The third-order valence-electron chi connectivity index (χ3n) is 6.13. The Morgan fingerprint density at radius 3 is 2.56 bits per heavy atom. The lowest BCUT2D eigenvalue weighted by atomic mass is 10.1. The second-order valence-corrected chi connectivity index (χ2v) is 10.1. The number of nitrogens with zero attached hydrogens (tertiary/aromatic N) is 4. The number of fused-ring (bicyclic) bond motifs is 1. The lowest BCUT2D eigenvalue weighted by molar-refractivity contribution is -0.119. The predicted octanol–water partition coefficient (Wildman–Crippen LogP) is 5.26. The zero-order valence-electron chi connectivity index (χ0n) is 18.1. The van der Waals surface area contributed by atoms with E-state index in [4.69, 9.17) is 28.9 Å². The van der Waals surface area contributed by atoms with Gasteiger partial charge in [0.15, 0.2) is 5.11 Å². The van der Waals surface area contributed by atoms with Crippen LogP contribution in [0.2, 0.25) is 5.02 Å². The number of thioether (sulfide) groups is 1. The normalized spacial score (nSPS) is 20.4. The standard InChI is InChI=1S/C24H23ClN4OS2/c1-14-8-10-17(11-9-14)23-28-20(13-32-23)22(30)29(24(28)31)21-15(2)26-27(16(21)3)12-18-6-4-5-7-19(18)25/h4-11,20,23H,12-13H2,1-3H3/t20-,23+/m0/s1. The second-order valence-electron chi connectivity index (χ2n) is 8.24. The van der Waals surface area contributed by atoms with Crippen LogP contribution in [0, 0.1) is 20.8 Å². The summed E-state index contributed by atoms with van der Waals surface area (Å²) in [5, 5.41) is 6.02. The Hall–Kier alpha value is -2.35. The molecule has 0 N–H and O–H groups in total. The number of benzene rings is 2. The van der Waals surface area contributed by atoms with Gasteiger partial charge in [-0.15, -0.1) is 11.8 Å². The van der Waals surface area contributed by atoms with Gasteiger partial charge in [0.25, 0.3) is 5.91 Å². The molecule has 2 saturated heterocycles. The quantitative estimate of drug-likeness (QED) is 0.474. The summed E-state index contributed by atoms with van der Waals surface area (Å²) in [6.07, 6.45) is 0. The molecule has 0 spiro atoms. The van der Waals surface area contributed by atoms with Crippen molar-refractivity contribution in [3.05, 3.63) is 81.6 Å². The maximum absolute atomic E-state index is 13.5. The molecule has 1 aromatic heterocycles. The molecule has 0 saturated carbocycles. The van der Waals surface area contributed by atoms with Crippen LogP contribution in [0.15, 0.2) is 48.5 Å². The van der Waals surface area contributed by atoms with Crippen LogP contribution >= 0.6 is 35.6 Å². The Kier molecular flexibility index (Phi) is 5.51. The van der Waals surface area contributed by atoms with E-state index in [2.05, 4.69) is 36.1 Å². The summed E-state index contributed by atoms with van der Waals surface area (Å²) in [4.78, 5) is 17.3. The lowest BCUT2D eigenvalue weighted by Crippen LogP contribution is -2.34. The van der Waals surface area contributed by atoms with Crippen molar-refractivity contribution in [1.29, 1.82) is 0 Å². The first-order valence-electron chi connectivity index (χ1n) is 10.5. The van der Waals surface area contributed by atoms with Gasteiger partial charge in [0.2, 0.25) is 0 Å². The molecule has 0 radical (unpaired) electrons. The molecule has 0 bridgehead atoms. The fraction of sp³-hybridized carbons (Fsp3) is 0.292. The van der Waals surface area contributed by atoms with Crippen molar-refractivity contribution in [2.45, 2.75) is 38.7 Å². The number of carbonyl (C=O) groups is 1. The zero-order chi connectivity index (χ0) is 22.6. The van der Waals surface area contributed by atoms with Crippen LogP contribution in [0.1, 0.15) is 33.5 Å². The predicted molar refractivity (Wildman–Crippen MR) is 134 cm³/mol. The maximum atomic E-state index is 13.5. The van der Waals surface area contributed by atoms with E-state index in [9.17, 15) is 4.79 Å². The van der Waals surface area contributed by atoms with E-state index in [0.29, 0.717) is 16.7 Å². The number of hydrogen-bond donors (Lipinski definition) is 0. The van der Waals surface area contributed by atoms with E-state index in [-0.39, 0.29) is 17.3 Å². The molecule has 0 aliphatic carbocycles. The molecule has 2 aliphatic rings. The fourth-order valence-corrected chi connectivity index (χ4v) is 6.54. The van der Waals surface area contributed by atoms with Crippen molar-refractivity contribution in [3.63, 3.8) is 0 Å². The Labute approximate surface area is 202 Å². The van der Waals surface area contributed by atoms with Crippen LogP contribution in [-0.4, -0.2) is 37.5 Å². The molecule has 2 atom stereocenters. The molecule has 0 unspecified atom stereocenters. The van der Waals surface area contributed by atoms with Crippen LogP contribution in [0.5, 0.6) is 0 Å². The van der Waals surface area contributed by atoms with Crippen molar-refractivity contribution in [3.8, 4) is 0 Å². The van der Waals surface area contributed by atoms with Crippen molar-refractivity contribution < 1.29 is 4.79 Å². The van der Waals surface area contributed by atoms with Gasteiger partial charge in [0.05, 0.1) is 23.6 Å². The van der Waals surface area contributed by atoms with Crippen LogP contribution in [-0.2, 0) is 11.3 Å². The molecule has 8 heteroatoms. The number of halogens is 1. The summed E-state index contributed by atoms with van der Waals surface area (Å²) in [5.74, 6) is 0.750. The lowest BCUT2D eigenvalue weighted by Gasteiger charge is -2.25. The first-order valence-corrected chi connectivity index (χ1v) is 12.3. The third kappa shape index (κ3) is 3.43. The van der Waals surface area contributed by atoms with E-state index in [1.54, 1.807) is 16.7 Å². The van der Waals surface area contributed by atoms with Gasteiger partial charge in [0, 0.05) is 10.8 Å². The Bertz CT molecular complexity index is 1220. The third-order valence-corrected chi connectivity index (χ3v) is 8.21. The Morgan fingerprint density at radius 1 is 1.12 bits per heavy atom. The fourth-order valence-electron chi connectivity index (χ4n) is 4.44. The van der Waals surface area contributed by atoms with Crippen molar-refractivity contribution in [1.82, 2.24) is 14.7 Å². The highest BCUT2D eigenvalue weighted by molar-refractivity contribution is 7.99. The van der Waals surface area contributed by atoms with E-state index in [1.807, 2.05) is 42.8 Å². The number of aromatic nitrogens is 2.